The summed E-state index contributed by atoms with van der Waals surface area (Å²) < 4.78 is 7.18. The van der Waals surface area contributed by atoms with E-state index in [4.69, 9.17) is 14.7 Å². The monoisotopic (exact) mass is 516 g/mol. The second kappa shape index (κ2) is 10.8. The number of ether oxygens (including phenoxy) is 1. The molecule has 200 valence electrons. The van der Waals surface area contributed by atoms with Gasteiger partial charge < -0.3 is 25.6 Å². The number of amides is 1. The minimum Gasteiger partial charge on any atom is -0.381 e. The maximum absolute atomic E-state index is 13.1. The molecule has 1 atom stereocenters. The second-order valence-corrected chi connectivity index (χ2v) is 10.7. The zero-order chi connectivity index (χ0) is 26.1. The fourth-order valence-electron chi connectivity index (χ4n) is 5.52. The van der Waals surface area contributed by atoms with Crippen molar-refractivity contribution in [1.29, 1.82) is 0 Å². The highest BCUT2D eigenvalue weighted by Gasteiger charge is 2.23. The normalized spacial score (nSPS) is 21.5. The van der Waals surface area contributed by atoms with Crippen LogP contribution in [0.3, 0.4) is 0 Å². The van der Waals surface area contributed by atoms with Crippen LogP contribution in [0.2, 0.25) is 0 Å². The zero-order valence-electron chi connectivity index (χ0n) is 22.1. The average Bonchev–Trinajstić information content (AvgIpc) is 3.29. The van der Waals surface area contributed by atoms with Gasteiger partial charge in [0.15, 0.2) is 0 Å². The third-order valence-corrected chi connectivity index (χ3v) is 7.85. The number of piperidine rings is 1. The number of pyridine rings is 1. The molecule has 3 aromatic rings. The van der Waals surface area contributed by atoms with Crippen LogP contribution in [0.4, 0.5) is 5.95 Å². The molecule has 2 saturated heterocycles. The first-order valence-corrected chi connectivity index (χ1v) is 13.7. The molecule has 10 heteroatoms. The van der Waals surface area contributed by atoms with Crippen LogP contribution in [0.1, 0.15) is 59.8 Å². The first kappa shape index (κ1) is 25.0. The molecule has 3 aromatic heterocycles. The molecule has 0 saturated carbocycles. The third kappa shape index (κ3) is 5.29. The molecule has 0 unspecified atom stereocenters. The molecule has 6 heterocycles. The number of carbonyl (C=O) groups excluding carboxylic acids is 1. The van der Waals surface area contributed by atoms with Gasteiger partial charge in [0.25, 0.3) is 5.91 Å². The third-order valence-electron chi connectivity index (χ3n) is 7.85. The number of likely N-dealkylation sites (tertiary alicyclic amines) is 1. The number of hydrogen-bond acceptors (Lipinski definition) is 8. The molecule has 0 bridgehead atoms. The summed E-state index contributed by atoms with van der Waals surface area (Å²) in [4.78, 5) is 25.1. The van der Waals surface area contributed by atoms with E-state index < -0.39 is 0 Å². The van der Waals surface area contributed by atoms with Gasteiger partial charge in [-0.05, 0) is 76.0 Å². The number of nitrogens with zero attached hydrogens (tertiary/aromatic N) is 5. The Hall–Kier alpha value is -3.34. The number of carbonyl (C=O) groups is 1. The topological polar surface area (TPSA) is 109 Å². The molecule has 3 aliphatic rings. The van der Waals surface area contributed by atoms with Crippen LogP contribution in [0.25, 0.3) is 11.1 Å². The van der Waals surface area contributed by atoms with Gasteiger partial charge in [-0.1, -0.05) is 6.08 Å². The summed E-state index contributed by atoms with van der Waals surface area (Å²) in [7, 11) is 2.17. The lowest BCUT2D eigenvalue weighted by atomic mass is 9.97. The van der Waals surface area contributed by atoms with Gasteiger partial charge in [-0.3, -0.25) is 4.79 Å². The Labute approximate surface area is 222 Å². The summed E-state index contributed by atoms with van der Waals surface area (Å²) in [6.07, 6.45) is 11.6. The van der Waals surface area contributed by atoms with E-state index in [9.17, 15) is 4.79 Å². The first-order chi connectivity index (χ1) is 18.5. The minimum atomic E-state index is -0.0951. The van der Waals surface area contributed by atoms with Crippen molar-refractivity contribution in [2.24, 2.45) is 0 Å². The van der Waals surface area contributed by atoms with Gasteiger partial charge >= 0.3 is 0 Å². The SMILES string of the molecule is C[C@@H]1C=C(c2ccn3ncc(C(=O)NC4CCOCC4)c3c2)c2cnc(NC3CCN(C)CC3)nc2CN1. The van der Waals surface area contributed by atoms with Crippen molar-refractivity contribution in [3.63, 3.8) is 0 Å². The fraction of sp³-hybridized carbons (Fsp3) is 0.500. The predicted molar refractivity (Wildman–Crippen MR) is 146 cm³/mol. The lowest BCUT2D eigenvalue weighted by molar-refractivity contribution is 0.0697. The van der Waals surface area contributed by atoms with Crippen LogP contribution in [-0.4, -0.2) is 81.9 Å². The van der Waals surface area contributed by atoms with E-state index in [-0.39, 0.29) is 18.0 Å². The van der Waals surface area contributed by atoms with E-state index in [0.717, 1.165) is 66.7 Å². The highest BCUT2D eigenvalue weighted by Crippen LogP contribution is 2.30. The van der Waals surface area contributed by atoms with Crippen LogP contribution in [0.5, 0.6) is 0 Å². The van der Waals surface area contributed by atoms with Gasteiger partial charge in [-0.25, -0.2) is 14.5 Å². The molecular weight excluding hydrogens is 480 g/mol. The van der Waals surface area contributed by atoms with Crippen molar-refractivity contribution in [3.05, 3.63) is 59.2 Å². The largest absolute Gasteiger partial charge is 0.381 e. The lowest BCUT2D eigenvalue weighted by Crippen LogP contribution is -2.38. The minimum absolute atomic E-state index is 0.0951. The van der Waals surface area contributed by atoms with Crippen LogP contribution < -0.4 is 16.0 Å². The van der Waals surface area contributed by atoms with Gasteiger partial charge in [0.1, 0.15) is 0 Å². The van der Waals surface area contributed by atoms with Crippen LogP contribution in [0.15, 0.2) is 36.8 Å². The molecule has 0 radical (unpaired) electrons. The molecular formula is C28H36N8O2. The van der Waals surface area contributed by atoms with Gasteiger partial charge in [0.05, 0.1) is 23.0 Å². The predicted octanol–water partition coefficient (Wildman–Crippen LogP) is 2.46. The molecule has 0 spiro atoms. The van der Waals surface area contributed by atoms with Crippen LogP contribution >= 0.6 is 0 Å². The molecule has 10 nitrogen and oxygen atoms in total. The Bertz CT molecular complexity index is 1340. The van der Waals surface area contributed by atoms with E-state index in [1.165, 1.54) is 0 Å². The molecule has 0 aliphatic carbocycles. The van der Waals surface area contributed by atoms with Crippen molar-refractivity contribution in [1.82, 2.24) is 35.1 Å². The molecule has 3 aliphatic heterocycles. The summed E-state index contributed by atoms with van der Waals surface area (Å²) in [5, 5.41) is 14.7. The molecule has 6 rings (SSSR count). The van der Waals surface area contributed by atoms with Crippen molar-refractivity contribution < 1.29 is 9.53 Å². The molecule has 0 aromatic carbocycles. The standard InChI is InChI=1S/C28H36N8O2/c1-18-13-22(23-15-30-28(34-25(23)17-29-18)33-20-4-8-35(2)9-5-20)19-3-10-36-26(14-19)24(16-31-36)27(37)32-21-6-11-38-12-7-21/h3,10,13-16,18,20-21,29H,4-9,11-12,17H2,1-2H3,(H,32,37)(H,30,33,34)/t18-/m1/s1. The highest BCUT2D eigenvalue weighted by atomic mass is 16.5. The number of anilines is 1. The Morgan fingerprint density at radius 1 is 1.13 bits per heavy atom. The van der Waals surface area contributed by atoms with Gasteiger partial charge in [-0.15, -0.1) is 0 Å². The number of fused-ring (bicyclic) bond motifs is 2. The highest BCUT2D eigenvalue weighted by molar-refractivity contribution is 6.01. The van der Waals surface area contributed by atoms with E-state index in [1.54, 1.807) is 10.7 Å². The summed E-state index contributed by atoms with van der Waals surface area (Å²) in [5.74, 6) is 0.592. The zero-order valence-corrected chi connectivity index (χ0v) is 22.1. The Morgan fingerprint density at radius 3 is 2.76 bits per heavy atom. The molecule has 3 N–H and O–H groups in total. The van der Waals surface area contributed by atoms with E-state index in [2.05, 4.69) is 46.0 Å². The van der Waals surface area contributed by atoms with Gasteiger partial charge in [0, 0.05) is 55.8 Å². The summed E-state index contributed by atoms with van der Waals surface area (Å²) in [6.45, 7) is 6.33. The van der Waals surface area contributed by atoms with Gasteiger partial charge in [0.2, 0.25) is 5.95 Å². The van der Waals surface area contributed by atoms with E-state index in [1.807, 2.05) is 24.5 Å². The molecule has 38 heavy (non-hydrogen) atoms. The van der Waals surface area contributed by atoms with Crippen molar-refractivity contribution in [2.45, 2.75) is 57.3 Å². The van der Waals surface area contributed by atoms with Crippen molar-refractivity contribution >= 4 is 22.9 Å². The number of aromatic nitrogens is 4. The smallest absolute Gasteiger partial charge is 0.255 e. The number of rotatable bonds is 5. The quantitative estimate of drug-likeness (QED) is 0.475. The average molecular weight is 517 g/mol. The molecule has 2 fully saturated rings. The van der Waals surface area contributed by atoms with Crippen LogP contribution in [-0.2, 0) is 11.3 Å². The van der Waals surface area contributed by atoms with E-state index in [0.29, 0.717) is 37.3 Å². The van der Waals surface area contributed by atoms with Crippen molar-refractivity contribution in [2.75, 3.05) is 38.7 Å². The second-order valence-electron chi connectivity index (χ2n) is 10.7. The van der Waals surface area contributed by atoms with E-state index >= 15 is 0 Å². The Kier molecular flexibility index (Phi) is 7.10. The first-order valence-electron chi connectivity index (χ1n) is 13.7. The summed E-state index contributed by atoms with van der Waals surface area (Å²) >= 11 is 0. The Morgan fingerprint density at radius 2 is 1.95 bits per heavy atom. The lowest BCUT2D eigenvalue weighted by Gasteiger charge is -2.29. The van der Waals surface area contributed by atoms with Crippen LogP contribution in [0, 0.1) is 0 Å². The maximum atomic E-state index is 13.1. The Balaban J connectivity index is 1.28. The number of nitrogens with one attached hydrogen (secondary N) is 3. The summed E-state index contributed by atoms with van der Waals surface area (Å²) in [6, 6.07) is 4.77. The maximum Gasteiger partial charge on any atom is 0.255 e. The molecule has 1 amide bonds. The summed E-state index contributed by atoms with van der Waals surface area (Å²) in [5.41, 5.74) is 5.40. The van der Waals surface area contributed by atoms with Crippen molar-refractivity contribution in [3.8, 4) is 0 Å². The van der Waals surface area contributed by atoms with Gasteiger partial charge in [-0.2, -0.15) is 5.10 Å². The number of hydrogen-bond donors (Lipinski definition) is 3. The fourth-order valence-corrected chi connectivity index (χ4v) is 5.52.